The summed E-state index contributed by atoms with van der Waals surface area (Å²) in [5.41, 5.74) is 3.66. The van der Waals surface area contributed by atoms with Gasteiger partial charge in [0, 0.05) is 29.6 Å². The predicted molar refractivity (Wildman–Crippen MR) is 127 cm³/mol. The molecular weight excluding hydrogens is 412 g/mol. The van der Waals surface area contributed by atoms with Crippen molar-refractivity contribution >= 4 is 45.1 Å². The molecule has 0 saturated heterocycles. The zero-order valence-corrected chi connectivity index (χ0v) is 19.2. The third kappa shape index (κ3) is 4.00. The summed E-state index contributed by atoms with van der Waals surface area (Å²) >= 11 is 3.58. The number of rotatable bonds is 7. The number of thiazole rings is 1. The molecule has 6 heteroatoms. The van der Waals surface area contributed by atoms with Crippen molar-refractivity contribution in [2.45, 2.75) is 31.7 Å². The van der Waals surface area contributed by atoms with Crippen LogP contribution >= 0.6 is 23.1 Å². The van der Waals surface area contributed by atoms with Gasteiger partial charge < -0.3 is 14.7 Å². The molecule has 0 saturated carbocycles. The van der Waals surface area contributed by atoms with Gasteiger partial charge in [0.1, 0.15) is 17.1 Å². The van der Waals surface area contributed by atoms with Crippen molar-refractivity contribution in [1.29, 1.82) is 0 Å². The smallest absolute Gasteiger partial charge is 0.263 e. The van der Waals surface area contributed by atoms with Gasteiger partial charge in [0.2, 0.25) is 5.52 Å². The lowest BCUT2D eigenvalue weighted by Crippen LogP contribution is -2.36. The Kier molecular flexibility index (Phi) is 6.46. The van der Waals surface area contributed by atoms with Crippen LogP contribution in [0.2, 0.25) is 0 Å². The van der Waals surface area contributed by atoms with E-state index in [0.717, 1.165) is 18.7 Å². The highest BCUT2D eigenvalue weighted by molar-refractivity contribution is 8.03. The molecule has 4 rings (SSSR count). The Labute approximate surface area is 186 Å². The van der Waals surface area contributed by atoms with E-state index in [0.29, 0.717) is 6.54 Å². The summed E-state index contributed by atoms with van der Waals surface area (Å²) in [5.74, 6) is 0.885. The zero-order chi connectivity index (χ0) is 21.1. The van der Waals surface area contributed by atoms with Gasteiger partial charge in [0.15, 0.2) is 6.54 Å². The van der Waals surface area contributed by atoms with Crippen LogP contribution in [-0.4, -0.2) is 25.4 Å². The van der Waals surface area contributed by atoms with Crippen molar-refractivity contribution in [3.63, 3.8) is 0 Å². The predicted octanol–water partition coefficient (Wildman–Crippen LogP) is 5.46. The fraction of sp³-hybridized carbons (Fsp3) is 0.292. The van der Waals surface area contributed by atoms with Crippen molar-refractivity contribution in [2.24, 2.45) is 0 Å². The third-order valence-corrected chi connectivity index (χ3v) is 7.46. The number of allylic oxidation sites excluding steroid dienone is 2. The summed E-state index contributed by atoms with van der Waals surface area (Å²) in [4.78, 5) is 3.61. The average molecular weight is 440 g/mol. The van der Waals surface area contributed by atoms with Crippen LogP contribution in [0, 0.1) is 0 Å². The molecule has 1 N–H and O–H groups in total. The number of fused-ring (bicyclic) bond motifs is 2. The molecular formula is C24H27N2O2S2+. The first-order valence-corrected chi connectivity index (χ1v) is 11.9. The number of aliphatic hydroxyl groups is 1. The summed E-state index contributed by atoms with van der Waals surface area (Å²) in [6, 6.07) is 14.7. The van der Waals surface area contributed by atoms with Crippen LogP contribution in [0.1, 0.15) is 25.3 Å². The fourth-order valence-electron chi connectivity index (χ4n) is 3.70. The zero-order valence-electron chi connectivity index (χ0n) is 17.6. The third-order valence-electron chi connectivity index (χ3n) is 5.24. The molecule has 3 aromatic rings. The molecule has 0 aliphatic carbocycles. The van der Waals surface area contributed by atoms with Crippen LogP contribution in [-0.2, 0) is 6.54 Å². The molecule has 0 bridgehead atoms. The SMILES string of the molecule is CCC(/C=C1\Sc2ccc(OC)cc2N1CC)=C\c1sc2ccccc2[n+]1CCO. The van der Waals surface area contributed by atoms with Crippen LogP contribution in [0.4, 0.5) is 5.69 Å². The Bertz CT molecular complexity index is 1120. The summed E-state index contributed by atoms with van der Waals surface area (Å²) < 4.78 is 8.88. The molecule has 4 nitrogen and oxygen atoms in total. The Morgan fingerprint density at radius 2 is 2.03 bits per heavy atom. The minimum absolute atomic E-state index is 0.130. The lowest BCUT2D eigenvalue weighted by atomic mass is 10.2. The van der Waals surface area contributed by atoms with Crippen LogP contribution in [0.25, 0.3) is 16.3 Å². The number of anilines is 1. The van der Waals surface area contributed by atoms with E-state index in [4.69, 9.17) is 4.74 Å². The number of methoxy groups -OCH3 is 1. The number of aliphatic hydroxyl groups excluding tert-OH is 1. The highest BCUT2D eigenvalue weighted by Gasteiger charge is 2.25. The molecule has 2 heterocycles. The van der Waals surface area contributed by atoms with Gasteiger partial charge in [0.05, 0.1) is 17.8 Å². The van der Waals surface area contributed by atoms with Gasteiger partial charge in [-0.15, -0.1) is 0 Å². The molecule has 0 unspecified atom stereocenters. The van der Waals surface area contributed by atoms with E-state index in [1.165, 1.54) is 36.4 Å². The Morgan fingerprint density at radius 3 is 2.77 bits per heavy atom. The molecule has 30 heavy (non-hydrogen) atoms. The van der Waals surface area contributed by atoms with E-state index in [9.17, 15) is 5.11 Å². The molecule has 0 spiro atoms. The number of nitrogens with zero attached hydrogens (tertiary/aromatic N) is 2. The minimum Gasteiger partial charge on any atom is -0.497 e. The summed E-state index contributed by atoms with van der Waals surface area (Å²) in [6.45, 7) is 6.01. The minimum atomic E-state index is 0.130. The van der Waals surface area contributed by atoms with Gasteiger partial charge in [-0.25, -0.2) is 0 Å². The first kappa shape index (κ1) is 21.0. The number of aromatic nitrogens is 1. The van der Waals surface area contributed by atoms with Crippen LogP contribution in [0.5, 0.6) is 5.75 Å². The highest BCUT2D eigenvalue weighted by atomic mass is 32.2. The van der Waals surface area contributed by atoms with E-state index < -0.39 is 0 Å². The second kappa shape index (κ2) is 9.25. The van der Waals surface area contributed by atoms with Crippen molar-refractivity contribution < 1.29 is 14.4 Å². The van der Waals surface area contributed by atoms with Gasteiger partial charge in [-0.3, -0.25) is 0 Å². The van der Waals surface area contributed by atoms with Crippen molar-refractivity contribution in [3.05, 3.63) is 64.2 Å². The van der Waals surface area contributed by atoms with E-state index in [1.54, 1.807) is 18.4 Å². The molecule has 0 fully saturated rings. The van der Waals surface area contributed by atoms with Crippen molar-refractivity contribution in [2.75, 3.05) is 25.2 Å². The fourth-order valence-corrected chi connectivity index (χ4v) is 6.04. The highest BCUT2D eigenvalue weighted by Crippen LogP contribution is 2.47. The second-order valence-electron chi connectivity index (χ2n) is 7.02. The summed E-state index contributed by atoms with van der Waals surface area (Å²) in [6.07, 6.45) is 5.51. The normalized spacial score (nSPS) is 15.3. The topological polar surface area (TPSA) is 36.6 Å². The summed E-state index contributed by atoms with van der Waals surface area (Å²) in [5, 5.41) is 12.0. The van der Waals surface area contributed by atoms with Gasteiger partial charge in [-0.1, -0.05) is 42.2 Å². The molecule has 1 aromatic heterocycles. The summed E-state index contributed by atoms with van der Waals surface area (Å²) in [7, 11) is 1.71. The number of ether oxygens (including phenoxy) is 1. The second-order valence-corrected chi connectivity index (χ2v) is 9.14. The van der Waals surface area contributed by atoms with Gasteiger partial charge in [-0.2, -0.15) is 4.57 Å². The molecule has 0 radical (unpaired) electrons. The van der Waals surface area contributed by atoms with E-state index >= 15 is 0 Å². The maximum absolute atomic E-state index is 9.58. The lowest BCUT2D eigenvalue weighted by Gasteiger charge is -2.18. The lowest BCUT2D eigenvalue weighted by molar-refractivity contribution is -0.670. The van der Waals surface area contributed by atoms with Gasteiger partial charge in [-0.05, 0) is 43.2 Å². The number of para-hydroxylation sites is 1. The van der Waals surface area contributed by atoms with Crippen LogP contribution < -0.4 is 14.2 Å². The van der Waals surface area contributed by atoms with Crippen molar-refractivity contribution in [1.82, 2.24) is 0 Å². The molecule has 156 valence electrons. The quantitative estimate of drug-likeness (QED) is 0.496. The molecule has 0 amide bonds. The van der Waals surface area contributed by atoms with E-state index in [2.05, 4.69) is 71.9 Å². The number of hydrogen-bond donors (Lipinski definition) is 1. The van der Waals surface area contributed by atoms with Crippen molar-refractivity contribution in [3.8, 4) is 5.75 Å². The first-order chi connectivity index (χ1) is 14.7. The van der Waals surface area contributed by atoms with Crippen LogP contribution in [0.3, 0.4) is 0 Å². The van der Waals surface area contributed by atoms with E-state index in [1.807, 2.05) is 17.8 Å². The van der Waals surface area contributed by atoms with Crippen LogP contribution in [0.15, 0.2) is 64.0 Å². The van der Waals surface area contributed by atoms with Gasteiger partial charge in [0.25, 0.3) is 5.01 Å². The Balaban J connectivity index is 1.73. The maximum atomic E-state index is 9.58. The number of thioether (sulfide) groups is 1. The van der Waals surface area contributed by atoms with Gasteiger partial charge >= 0.3 is 0 Å². The number of benzene rings is 2. The first-order valence-electron chi connectivity index (χ1n) is 10.3. The number of hydrogen-bond acceptors (Lipinski definition) is 5. The average Bonchev–Trinajstić information content (AvgIpc) is 3.30. The maximum Gasteiger partial charge on any atom is 0.263 e. The molecule has 0 atom stereocenters. The standard InChI is InChI=1S/C24H27N2O2S2/c1-4-17(15-24-26(12-13-27)19-8-6-7-9-21(19)29-24)14-23-25(5-2)20-16-18(28-3)10-11-22(20)30-23/h6-11,14-16,27H,4-5,12-13H2,1-3H3/q+1. The molecule has 1 aliphatic heterocycles. The Morgan fingerprint density at radius 1 is 1.20 bits per heavy atom. The monoisotopic (exact) mass is 439 g/mol. The van der Waals surface area contributed by atoms with E-state index in [-0.39, 0.29) is 6.61 Å². The Hall–Kier alpha value is -2.28. The largest absolute Gasteiger partial charge is 0.497 e. The molecule has 1 aliphatic rings. The molecule has 2 aromatic carbocycles.